The van der Waals surface area contributed by atoms with E-state index in [1.165, 1.54) is 17.0 Å². The lowest BCUT2D eigenvalue weighted by molar-refractivity contribution is 0.148. The van der Waals surface area contributed by atoms with Crippen LogP contribution < -0.4 is 0 Å². The Bertz CT molecular complexity index is 283. The highest BCUT2D eigenvalue weighted by Crippen LogP contribution is 2.51. The van der Waals surface area contributed by atoms with Crippen LogP contribution in [0.1, 0.15) is 13.8 Å². The molecule has 1 saturated heterocycles. The van der Waals surface area contributed by atoms with Crippen LogP contribution >= 0.6 is 21.6 Å². The van der Waals surface area contributed by atoms with E-state index in [1.54, 1.807) is 10.8 Å². The van der Waals surface area contributed by atoms with Crippen LogP contribution in [-0.2, 0) is 9.84 Å². The van der Waals surface area contributed by atoms with Gasteiger partial charge in [-0.15, -0.1) is 0 Å². The largest absolute Gasteiger partial charge is 0.390 e. The number of rotatable bonds is 2. The summed E-state index contributed by atoms with van der Waals surface area (Å²) >= 11 is 0. The number of aliphatic hydroxyl groups is 1. The molecule has 0 aromatic carbocycles. The maximum Gasteiger partial charge on any atom is 0.148 e. The zero-order valence-electron chi connectivity index (χ0n) is 7.85. The first-order valence-electron chi connectivity index (χ1n) is 3.93. The predicted octanol–water partition coefficient (Wildman–Crippen LogP) is 0.934. The number of hydrogen-bond acceptors (Lipinski definition) is 5. The average Bonchev–Trinajstić information content (AvgIpc) is 2.13. The minimum Gasteiger partial charge on any atom is -0.390 e. The second kappa shape index (κ2) is 3.64. The third-order valence-corrected chi connectivity index (χ3v) is 6.85. The van der Waals surface area contributed by atoms with Gasteiger partial charge in [0, 0.05) is 11.0 Å². The van der Waals surface area contributed by atoms with Crippen LogP contribution in [0.2, 0.25) is 0 Å². The summed E-state index contributed by atoms with van der Waals surface area (Å²) in [6, 6.07) is 0. The zero-order valence-corrected chi connectivity index (χ0v) is 10.3. The summed E-state index contributed by atoms with van der Waals surface area (Å²) in [7, 11) is 0.0456. The summed E-state index contributed by atoms with van der Waals surface area (Å²) in [5, 5.41) is 9.59. The molecule has 0 aromatic heterocycles. The van der Waals surface area contributed by atoms with Crippen LogP contribution in [0.5, 0.6) is 0 Å². The Labute approximate surface area is 87.0 Å². The monoisotopic (exact) mass is 242 g/mol. The molecule has 0 saturated carbocycles. The van der Waals surface area contributed by atoms with Crippen molar-refractivity contribution in [3.8, 4) is 0 Å². The van der Waals surface area contributed by atoms with Gasteiger partial charge < -0.3 is 5.11 Å². The molecule has 13 heavy (non-hydrogen) atoms. The molecular formula is C7H14O3S3. The van der Waals surface area contributed by atoms with E-state index in [9.17, 15) is 13.5 Å². The molecule has 1 N–H and O–H groups in total. The third-order valence-electron chi connectivity index (χ3n) is 1.92. The molecule has 0 radical (unpaired) electrons. The van der Waals surface area contributed by atoms with E-state index in [0.29, 0.717) is 0 Å². The Morgan fingerprint density at radius 2 is 2.00 bits per heavy atom. The molecule has 1 heterocycles. The maximum atomic E-state index is 11.0. The maximum absolute atomic E-state index is 11.0. The number of sulfone groups is 1. The van der Waals surface area contributed by atoms with Gasteiger partial charge in [0.05, 0.1) is 17.1 Å². The van der Waals surface area contributed by atoms with Gasteiger partial charge in [0.25, 0.3) is 0 Å². The Morgan fingerprint density at radius 3 is 2.31 bits per heavy atom. The van der Waals surface area contributed by atoms with E-state index in [4.69, 9.17) is 0 Å². The molecule has 0 bridgehead atoms. The van der Waals surface area contributed by atoms with Gasteiger partial charge in [-0.05, 0) is 13.8 Å². The van der Waals surface area contributed by atoms with Crippen molar-refractivity contribution in [3.05, 3.63) is 0 Å². The highest BCUT2D eigenvalue weighted by molar-refractivity contribution is 8.78. The smallest absolute Gasteiger partial charge is 0.148 e. The second-order valence-electron chi connectivity index (χ2n) is 3.86. The Kier molecular flexibility index (Phi) is 3.27. The average molecular weight is 242 g/mol. The fourth-order valence-corrected chi connectivity index (χ4v) is 6.29. The standard InChI is InChI=1S/C7H14O3S3/c1-7(2)6(8)5(11-12-7)4-13(3,9)10/h5-6,8H,4H2,1-3H3. The topological polar surface area (TPSA) is 54.4 Å². The SMILES string of the molecule is CC1(C)SSC(CS(C)(=O)=O)C1O. The molecule has 6 heteroatoms. The van der Waals surface area contributed by atoms with Crippen LogP contribution in [-0.4, -0.2) is 41.6 Å². The quantitative estimate of drug-likeness (QED) is 0.730. The highest BCUT2D eigenvalue weighted by atomic mass is 33.1. The summed E-state index contributed by atoms with van der Waals surface area (Å²) in [5.74, 6) is 0.0647. The molecule has 2 unspecified atom stereocenters. The van der Waals surface area contributed by atoms with Crippen LogP contribution in [0, 0.1) is 0 Å². The first-order valence-corrected chi connectivity index (χ1v) is 8.20. The molecule has 1 aliphatic heterocycles. The molecule has 0 amide bonds. The predicted molar refractivity (Wildman–Crippen MR) is 58.8 cm³/mol. The van der Waals surface area contributed by atoms with Gasteiger partial charge in [0.2, 0.25) is 0 Å². The molecule has 3 nitrogen and oxygen atoms in total. The number of hydrogen-bond donors (Lipinski definition) is 1. The Hall–Kier alpha value is 0.610. The Balaban J connectivity index is 2.67. The van der Waals surface area contributed by atoms with E-state index in [1.807, 2.05) is 13.8 Å². The normalized spacial score (nSPS) is 33.5. The van der Waals surface area contributed by atoms with Gasteiger partial charge in [-0.3, -0.25) is 0 Å². The fourth-order valence-electron chi connectivity index (χ4n) is 1.15. The van der Waals surface area contributed by atoms with Crippen molar-refractivity contribution in [3.63, 3.8) is 0 Å². The van der Waals surface area contributed by atoms with Crippen molar-refractivity contribution < 1.29 is 13.5 Å². The van der Waals surface area contributed by atoms with Gasteiger partial charge in [-0.1, -0.05) is 21.6 Å². The summed E-state index contributed by atoms with van der Waals surface area (Å²) in [6.45, 7) is 3.86. The molecule has 0 aliphatic carbocycles. The Morgan fingerprint density at radius 1 is 1.46 bits per heavy atom. The molecule has 1 fully saturated rings. The third kappa shape index (κ3) is 3.04. The first kappa shape index (κ1) is 11.7. The summed E-state index contributed by atoms with van der Waals surface area (Å²) in [6.07, 6.45) is 0.660. The van der Waals surface area contributed by atoms with E-state index in [0.717, 1.165) is 0 Å². The molecule has 1 rings (SSSR count). The van der Waals surface area contributed by atoms with Crippen molar-refractivity contribution >= 4 is 31.4 Å². The fraction of sp³-hybridized carbons (Fsp3) is 1.00. The number of aliphatic hydroxyl groups excluding tert-OH is 1. The molecule has 1 aliphatic rings. The van der Waals surface area contributed by atoms with Gasteiger partial charge in [0.1, 0.15) is 9.84 Å². The first-order chi connectivity index (χ1) is 5.72. The second-order valence-corrected chi connectivity index (χ2v) is 9.14. The van der Waals surface area contributed by atoms with Crippen molar-refractivity contribution in [1.29, 1.82) is 0 Å². The molecule has 0 aromatic rings. The van der Waals surface area contributed by atoms with Crippen LogP contribution in [0.15, 0.2) is 0 Å². The van der Waals surface area contributed by atoms with E-state index in [2.05, 4.69) is 0 Å². The molecule has 78 valence electrons. The lowest BCUT2D eigenvalue weighted by Gasteiger charge is -2.22. The summed E-state index contributed by atoms with van der Waals surface area (Å²) < 4.78 is 21.8. The molecular weight excluding hydrogens is 228 g/mol. The van der Waals surface area contributed by atoms with Crippen LogP contribution in [0.25, 0.3) is 0 Å². The lowest BCUT2D eigenvalue weighted by atomic mass is 10.0. The minimum absolute atomic E-state index is 0.0647. The van der Waals surface area contributed by atoms with Gasteiger partial charge in [0.15, 0.2) is 0 Å². The lowest BCUT2D eigenvalue weighted by Crippen LogP contribution is -2.37. The van der Waals surface area contributed by atoms with Crippen molar-refractivity contribution in [2.24, 2.45) is 0 Å². The van der Waals surface area contributed by atoms with Gasteiger partial charge in [-0.25, -0.2) is 8.42 Å². The van der Waals surface area contributed by atoms with Crippen molar-refractivity contribution in [2.75, 3.05) is 12.0 Å². The van der Waals surface area contributed by atoms with E-state index >= 15 is 0 Å². The zero-order chi connectivity index (χ0) is 10.3. The van der Waals surface area contributed by atoms with Crippen molar-refractivity contribution in [2.45, 2.75) is 29.9 Å². The minimum atomic E-state index is -2.98. The van der Waals surface area contributed by atoms with Crippen molar-refractivity contribution in [1.82, 2.24) is 0 Å². The van der Waals surface area contributed by atoms with Gasteiger partial charge >= 0.3 is 0 Å². The van der Waals surface area contributed by atoms with Crippen LogP contribution in [0.3, 0.4) is 0 Å². The van der Waals surface area contributed by atoms with Gasteiger partial charge in [-0.2, -0.15) is 0 Å². The summed E-state index contributed by atoms with van der Waals surface area (Å²) in [5.41, 5.74) is 0. The molecule has 0 spiro atoms. The molecule has 2 atom stereocenters. The van der Waals surface area contributed by atoms with E-state index < -0.39 is 15.9 Å². The van der Waals surface area contributed by atoms with E-state index in [-0.39, 0.29) is 15.7 Å². The highest BCUT2D eigenvalue weighted by Gasteiger charge is 2.43. The van der Waals surface area contributed by atoms with Crippen LogP contribution in [0.4, 0.5) is 0 Å². The summed E-state index contributed by atoms with van der Waals surface area (Å²) in [4.78, 5) is 0.